The van der Waals surface area contributed by atoms with Crippen molar-refractivity contribution in [2.45, 2.75) is 39.0 Å². The number of carbonyl (C=O) groups excluding carboxylic acids is 1. The van der Waals surface area contributed by atoms with Crippen molar-refractivity contribution in [3.05, 3.63) is 22.4 Å². The van der Waals surface area contributed by atoms with E-state index in [9.17, 15) is 4.79 Å². The largest absolute Gasteiger partial charge is 0.359 e. The minimum Gasteiger partial charge on any atom is -0.359 e. The molecular weight excluding hydrogens is 320 g/mol. The van der Waals surface area contributed by atoms with Gasteiger partial charge in [0.1, 0.15) is 0 Å². The van der Waals surface area contributed by atoms with Crippen molar-refractivity contribution in [2.75, 3.05) is 33.2 Å². The predicted molar refractivity (Wildman–Crippen MR) is 102 cm³/mol. The van der Waals surface area contributed by atoms with Crippen LogP contribution in [0.25, 0.3) is 0 Å². The van der Waals surface area contributed by atoms with Crippen LogP contribution in [-0.4, -0.2) is 50.0 Å². The summed E-state index contributed by atoms with van der Waals surface area (Å²) in [7, 11) is 1.71. The van der Waals surface area contributed by atoms with Gasteiger partial charge in [0.25, 0.3) is 0 Å². The zero-order valence-electron chi connectivity index (χ0n) is 15.0. The second-order valence-electron chi connectivity index (χ2n) is 6.46. The molecule has 0 saturated carbocycles. The van der Waals surface area contributed by atoms with E-state index in [0.717, 1.165) is 45.0 Å². The molecule has 0 spiro atoms. The number of guanidine groups is 1. The number of thiophene rings is 1. The highest BCUT2D eigenvalue weighted by Gasteiger charge is 2.23. The van der Waals surface area contributed by atoms with Gasteiger partial charge in [-0.05, 0) is 48.1 Å². The van der Waals surface area contributed by atoms with Gasteiger partial charge in [0.15, 0.2) is 5.96 Å². The van der Waals surface area contributed by atoms with E-state index in [0.29, 0.717) is 18.3 Å². The number of aliphatic imine (C=N–C) groups is 1. The molecule has 0 aromatic carbocycles. The number of amides is 1. The SMILES string of the molecule is CCNC(=NCC(C)c1ccsc1)N1CCC(CC(=O)NC)CC1. The van der Waals surface area contributed by atoms with Gasteiger partial charge in [-0.3, -0.25) is 9.79 Å². The van der Waals surface area contributed by atoms with E-state index >= 15 is 0 Å². The predicted octanol–water partition coefficient (Wildman–Crippen LogP) is 2.67. The first kappa shape index (κ1) is 18.8. The Morgan fingerprint density at radius 2 is 2.21 bits per heavy atom. The van der Waals surface area contributed by atoms with Crippen LogP contribution in [-0.2, 0) is 4.79 Å². The van der Waals surface area contributed by atoms with E-state index in [2.05, 4.69) is 46.2 Å². The van der Waals surface area contributed by atoms with Crippen molar-refractivity contribution in [1.82, 2.24) is 15.5 Å². The monoisotopic (exact) mass is 350 g/mol. The van der Waals surface area contributed by atoms with E-state index in [1.165, 1.54) is 5.56 Å². The molecule has 1 aromatic heterocycles. The summed E-state index contributed by atoms with van der Waals surface area (Å²) >= 11 is 1.74. The molecule has 1 amide bonds. The average molecular weight is 351 g/mol. The lowest BCUT2D eigenvalue weighted by Crippen LogP contribution is -2.46. The fourth-order valence-electron chi connectivity index (χ4n) is 3.02. The topological polar surface area (TPSA) is 56.7 Å². The van der Waals surface area contributed by atoms with Crippen molar-refractivity contribution < 1.29 is 4.79 Å². The summed E-state index contributed by atoms with van der Waals surface area (Å²) in [5.41, 5.74) is 1.36. The zero-order valence-corrected chi connectivity index (χ0v) is 15.9. The Bertz CT molecular complexity index is 521. The molecule has 0 bridgehead atoms. The van der Waals surface area contributed by atoms with Gasteiger partial charge in [-0.25, -0.2) is 0 Å². The first-order valence-corrected chi connectivity index (χ1v) is 9.84. The lowest BCUT2D eigenvalue weighted by molar-refractivity contribution is -0.121. The molecule has 1 fully saturated rings. The number of hydrogen-bond donors (Lipinski definition) is 2. The molecule has 6 heteroatoms. The van der Waals surface area contributed by atoms with Crippen LogP contribution < -0.4 is 10.6 Å². The summed E-state index contributed by atoms with van der Waals surface area (Å²) in [5.74, 6) is 2.10. The third kappa shape index (κ3) is 5.51. The smallest absolute Gasteiger partial charge is 0.220 e. The number of hydrogen-bond acceptors (Lipinski definition) is 3. The van der Waals surface area contributed by atoms with Gasteiger partial charge in [-0.15, -0.1) is 0 Å². The molecule has 0 aliphatic carbocycles. The maximum absolute atomic E-state index is 11.5. The maximum Gasteiger partial charge on any atom is 0.220 e. The molecule has 2 N–H and O–H groups in total. The van der Waals surface area contributed by atoms with Crippen LogP contribution in [0, 0.1) is 5.92 Å². The highest BCUT2D eigenvalue weighted by atomic mass is 32.1. The Morgan fingerprint density at radius 3 is 2.79 bits per heavy atom. The minimum absolute atomic E-state index is 0.151. The van der Waals surface area contributed by atoms with Gasteiger partial charge in [-0.2, -0.15) is 11.3 Å². The summed E-state index contributed by atoms with van der Waals surface area (Å²) in [6.45, 7) is 7.96. The second kappa shape index (κ2) is 9.67. The van der Waals surface area contributed by atoms with Crippen LogP contribution in [0.4, 0.5) is 0 Å². The highest BCUT2D eigenvalue weighted by molar-refractivity contribution is 7.07. The van der Waals surface area contributed by atoms with Crippen LogP contribution >= 0.6 is 11.3 Å². The molecule has 1 saturated heterocycles. The molecule has 0 radical (unpaired) electrons. The Morgan fingerprint density at radius 1 is 1.46 bits per heavy atom. The zero-order chi connectivity index (χ0) is 17.4. The van der Waals surface area contributed by atoms with Crippen molar-refractivity contribution in [3.8, 4) is 0 Å². The Hall–Kier alpha value is -1.56. The highest BCUT2D eigenvalue weighted by Crippen LogP contribution is 2.21. The molecule has 1 unspecified atom stereocenters. The second-order valence-corrected chi connectivity index (χ2v) is 7.24. The number of likely N-dealkylation sites (tertiary alicyclic amines) is 1. The number of carbonyl (C=O) groups is 1. The van der Waals surface area contributed by atoms with Crippen LogP contribution in [0.3, 0.4) is 0 Å². The number of rotatable bonds is 6. The van der Waals surface area contributed by atoms with Crippen molar-refractivity contribution in [1.29, 1.82) is 0 Å². The third-order valence-electron chi connectivity index (χ3n) is 4.63. The fraction of sp³-hybridized carbons (Fsp3) is 0.667. The first-order chi connectivity index (χ1) is 11.6. The van der Waals surface area contributed by atoms with Gasteiger partial charge in [0.05, 0.1) is 0 Å². The lowest BCUT2D eigenvalue weighted by Gasteiger charge is -2.34. The van der Waals surface area contributed by atoms with Gasteiger partial charge < -0.3 is 15.5 Å². The molecule has 1 aromatic rings. The van der Waals surface area contributed by atoms with Gasteiger partial charge in [0.2, 0.25) is 5.91 Å². The molecule has 24 heavy (non-hydrogen) atoms. The van der Waals surface area contributed by atoms with Gasteiger partial charge >= 0.3 is 0 Å². The minimum atomic E-state index is 0.151. The number of piperidine rings is 1. The lowest BCUT2D eigenvalue weighted by atomic mass is 9.93. The third-order valence-corrected chi connectivity index (χ3v) is 5.33. The van der Waals surface area contributed by atoms with Gasteiger partial charge in [0, 0.05) is 45.6 Å². The van der Waals surface area contributed by atoms with Crippen molar-refractivity contribution in [3.63, 3.8) is 0 Å². The summed E-state index contributed by atoms with van der Waals surface area (Å²) in [5, 5.41) is 10.5. The Balaban J connectivity index is 1.88. The molecular formula is C18H30N4OS. The fourth-order valence-corrected chi connectivity index (χ4v) is 3.81. The number of nitrogens with one attached hydrogen (secondary N) is 2. The maximum atomic E-state index is 11.5. The molecule has 2 heterocycles. The standard InChI is InChI=1S/C18H30N4OS/c1-4-20-18(21-12-14(2)16-7-10-24-13-16)22-8-5-15(6-9-22)11-17(23)19-3/h7,10,13-15H,4-6,8-9,11-12H2,1-3H3,(H,19,23)(H,20,21). The van der Waals surface area contributed by atoms with E-state index < -0.39 is 0 Å². The van der Waals surface area contributed by atoms with Gasteiger partial charge in [-0.1, -0.05) is 6.92 Å². The Labute approximate surface area is 149 Å². The normalized spacial score (nSPS) is 17.6. The molecule has 5 nitrogen and oxygen atoms in total. The summed E-state index contributed by atoms with van der Waals surface area (Å²) in [6, 6.07) is 2.18. The summed E-state index contributed by atoms with van der Waals surface area (Å²) < 4.78 is 0. The molecule has 134 valence electrons. The average Bonchev–Trinajstić information content (AvgIpc) is 3.13. The van der Waals surface area contributed by atoms with Crippen LogP contribution in [0.1, 0.15) is 44.6 Å². The van der Waals surface area contributed by atoms with E-state index in [1.807, 2.05) is 0 Å². The quantitative estimate of drug-likeness (QED) is 0.613. The van der Waals surface area contributed by atoms with E-state index in [4.69, 9.17) is 4.99 Å². The number of nitrogens with zero attached hydrogens (tertiary/aromatic N) is 2. The van der Waals surface area contributed by atoms with E-state index in [1.54, 1.807) is 18.4 Å². The van der Waals surface area contributed by atoms with Crippen LogP contribution in [0.15, 0.2) is 21.8 Å². The van der Waals surface area contributed by atoms with Crippen molar-refractivity contribution >= 4 is 23.2 Å². The van der Waals surface area contributed by atoms with Crippen molar-refractivity contribution in [2.24, 2.45) is 10.9 Å². The summed E-state index contributed by atoms with van der Waals surface area (Å²) in [6.07, 6.45) is 2.75. The molecule has 1 aliphatic heterocycles. The molecule has 1 aliphatic rings. The Kier molecular flexibility index (Phi) is 7.56. The molecule has 1 atom stereocenters. The van der Waals surface area contributed by atoms with Crippen LogP contribution in [0.5, 0.6) is 0 Å². The first-order valence-electron chi connectivity index (χ1n) is 8.90. The van der Waals surface area contributed by atoms with E-state index in [-0.39, 0.29) is 5.91 Å². The summed E-state index contributed by atoms with van der Waals surface area (Å²) in [4.78, 5) is 18.7. The molecule has 2 rings (SSSR count). The van der Waals surface area contributed by atoms with Crippen LogP contribution in [0.2, 0.25) is 0 Å².